The molecule has 23 heavy (non-hydrogen) atoms. The van der Waals surface area contributed by atoms with E-state index in [2.05, 4.69) is 45.3 Å². The highest BCUT2D eigenvalue weighted by Gasteiger charge is 2.12. The summed E-state index contributed by atoms with van der Waals surface area (Å²) in [4.78, 5) is 11.9. The summed E-state index contributed by atoms with van der Waals surface area (Å²) < 4.78 is 5.14. The first-order chi connectivity index (χ1) is 10.9. The second kappa shape index (κ2) is 9.53. The predicted molar refractivity (Wildman–Crippen MR) is 92.9 cm³/mol. The molecule has 0 aliphatic rings. The number of aliphatic hydroxyl groups is 1. The van der Waals surface area contributed by atoms with E-state index in [1.165, 1.54) is 33.4 Å². The van der Waals surface area contributed by atoms with Crippen molar-refractivity contribution in [1.82, 2.24) is 10.6 Å². The molecule has 5 heteroatoms. The molecule has 5 nitrogen and oxygen atoms in total. The zero-order valence-electron chi connectivity index (χ0n) is 15.0. The normalized spacial score (nSPS) is 10.7. The number of amides is 2. The van der Waals surface area contributed by atoms with Gasteiger partial charge in [0.1, 0.15) is 0 Å². The van der Waals surface area contributed by atoms with Gasteiger partial charge < -0.3 is 20.5 Å². The van der Waals surface area contributed by atoms with Gasteiger partial charge in [-0.2, -0.15) is 0 Å². The molecule has 0 heterocycles. The fourth-order valence-corrected chi connectivity index (χ4v) is 2.62. The summed E-state index contributed by atoms with van der Waals surface area (Å²) in [5.41, 5.74) is 7.63. The Labute approximate surface area is 139 Å². The minimum absolute atomic E-state index is 0.0298. The molecule has 0 fully saturated rings. The topological polar surface area (TPSA) is 70.6 Å². The molecule has 0 aliphatic carbocycles. The molecule has 2 amide bonds. The van der Waals surface area contributed by atoms with Gasteiger partial charge in [0.15, 0.2) is 0 Å². The third-order valence-electron chi connectivity index (χ3n) is 4.57. The van der Waals surface area contributed by atoms with Crippen LogP contribution in [0.3, 0.4) is 0 Å². The summed E-state index contributed by atoms with van der Waals surface area (Å²) in [6.07, 6.45) is 0.730. The Morgan fingerprint density at radius 3 is 2.04 bits per heavy atom. The second-order valence-electron chi connectivity index (χ2n) is 5.90. The SMILES string of the molecule is Cc1c(C)c(C)c(CNC(=O)NCCCOCCO)c(C)c1C. The molecule has 1 aromatic rings. The molecule has 0 bridgehead atoms. The highest BCUT2D eigenvalue weighted by Crippen LogP contribution is 2.25. The average molecular weight is 322 g/mol. The smallest absolute Gasteiger partial charge is 0.315 e. The fourth-order valence-electron chi connectivity index (χ4n) is 2.62. The number of rotatable bonds is 8. The van der Waals surface area contributed by atoms with E-state index in [4.69, 9.17) is 9.84 Å². The van der Waals surface area contributed by atoms with Crippen LogP contribution in [0.1, 0.15) is 39.8 Å². The van der Waals surface area contributed by atoms with E-state index in [1.807, 2.05) is 0 Å². The van der Waals surface area contributed by atoms with Crippen molar-refractivity contribution in [3.05, 3.63) is 33.4 Å². The Kier molecular flexibility index (Phi) is 8.06. The first-order valence-corrected chi connectivity index (χ1v) is 8.16. The molecule has 0 saturated heterocycles. The lowest BCUT2D eigenvalue weighted by Gasteiger charge is -2.19. The predicted octanol–water partition coefficient (Wildman–Crippen LogP) is 2.43. The standard InChI is InChI=1S/C18H30N2O3/c1-12-13(2)15(4)17(16(5)14(12)3)11-20-18(22)19-7-6-9-23-10-8-21/h21H,6-11H2,1-5H3,(H2,19,20,22). The van der Waals surface area contributed by atoms with Crippen LogP contribution in [0.25, 0.3) is 0 Å². The van der Waals surface area contributed by atoms with Gasteiger partial charge in [0, 0.05) is 19.7 Å². The Bertz CT molecular complexity index is 513. The van der Waals surface area contributed by atoms with Gasteiger partial charge in [-0.3, -0.25) is 0 Å². The van der Waals surface area contributed by atoms with Crippen molar-refractivity contribution in [2.75, 3.05) is 26.4 Å². The van der Waals surface area contributed by atoms with Crippen molar-refractivity contribution in [1.29, 1.82) is 0 Å². The van der Waals surface area contributed by atoms with Crippen LogP contribution >= 0.6 is 0 Å². The van der Waals surface area contributed by atoms with Crippen LogP contribution in [0.5, 0.6) is 0 Å². The molecule has 0 atom stereocenters. The molecule has 1 aromatic carbocycles. The van der Waals surface area contributed by atoms with E-state index in [9.17, 15) is 4.79 Å². The maximum Gasteiger partial charge on any atom is 0.315 e. The van der Waals surface area contributed by atoms with Crippen LogP contribution in [0.2, 0.25) is 0 Å². The number of ether oxygens (including phenoxy) is 1. The van der Waals surface area contributed by atoms with E-state index in [0.717, 1.165) is 6.42 Å². The maximum atomic E-state index is 11.9. The van der Waals surface area contributed by atoms with Crippen LogP contribution in [0, 0.1) is 34.6 Å². The highest BCUT2D eigenvalue weighted by atomic mass is 16.5. The Morgan fingerprint density at radius 2 is 1.48 bits per heavy atom. The molecular formula is C18H30N2O3. The van der Waals surface area contributed by atoms with Crippen LogP contribution < -0.4 is 10.6 Å². The van der Waals surface area contributed by atoms with Crippen LogP contribution in [-0.4, -0.2) is 37.5 Å². The van der Waals surface area contributed by atoms with Crippen molar-refractivity contribution < 1.29 is 14.6 Å². The first kappa shape index (κ1) is 19.5. The molecular weight excluding hydrogens is 292 g/mol. The third-order valence-corrected chi connectivity index (χ3v) is 4.57. The minimum Gasteiger partial charge on any atom is -0.394 e. The number of aliphatic hydroxyl groups excluding tert-OH is 1. The number of carbonyl (C=O) groups excluding carboxylic acids is 1. The van der Waals surface area contributed by atoms with Crippen LogP contribution in [0.4, 0.5) is 4.79 Å². The number of hydrogen-bond acceptors (Lipinski definition) is 3. The molecule has 130 valence electrons. The Hall–Kier alpha value is -1.59. The monoisotopic (exact) mass is 322 g/mol. The number of benzene rings is 1. The first-order valence-electron chi connectivity index (χ1n) is 8.16. The molecule has 0 saturated carbocycles. The molecule has 3 N–H and O–H groups in total. The van der Waals surface area contributed by atoms with Crippen LogP contribution in [-0.2, 0) is 11.3 Å². The summed E-state index contributed by atoms with van der Waals surface area (Å²) in [5.74, 6) is 0. The van der Waals surface area contributed by atoms with Crippen molar-refractivity contribution in [2.24, 2.45) is 0 Å². The van der Waals surface area contributed by atoms with Crippen molar-refractivity contribution in [2.45, 2.75) is 47.6 Å². The van der Waals surface area contributed by atoms with Gasteiger partial charge in [-0.15, -0.1) is 0 Å². The number of nitrogens with one attached hydrogen (secondary N) is 2. The number of urea groups is 1. The zero-order chi connectivity index (χ0) is 17.4. The van der Waals surface area contributed by atoms with Crippen molar-refractivity contribution in [3.8, 4) is 0 Å². The lowest BCUT2D eigenvalue weighted by molar-refractivity contribution is 0.0910. The van der Waals surface area contributed by atoms with Crippen molar-refractivity contribution >= 4 is 6.03 Å². The largest absolute Gasteiger partial charge is 0.394 e. The molecule has 0 aromatic heterocycles. The molecule has 0 aliphatic heterocycles. The summed E-state index contributed by atoms with van der Waals surface area (Å²) >= 11 is 0. The summed E-state index contributed by atoms with van der Waals surface area (Å²) in [7, 11) is 0. The van der Waals surface area contributed by atoms with Gasteiger partial charge in [-0.25, -0.2) is 4.79 Å². The second-order valence-corrected chi connectivity index (χ2v) is 5.90. The van der Waals surface area contributed by atoms with Gasteiger partial charge in [-0.05, 0) is 74.4 Å². The van der Waals surface area contributed by atoms with Crippen molar-refractivity contribution in [3.63, 3.8) is 0 Å². The van der Waals surface area contributed by atoms with E-state index >= 15 is 0 Å². The molecule has 0 spiro atoms. The summed E-state index contributed by atoms with van der Waals surface area (Å²) in [5, 5.41) is 14.3. The van der Waals surface area contributed by atoms with Gasteiger partial charge >= 0.3 is 6.03 Å². The Balaban J connectivity index is 2.48. The van der Waals surface area contributed by atoms with E-state index in [1.54, 1.807) is 0 Å². The Morgan fingerprint density at radius 1 is 0.913 bits per heavy atom. The van der Waals surface area contributed by atoms with Gasteiger partial charge in [0.05, 0.1) is 13.2 Å². The molecule has 1 rings (SSSR count). The fraction of sp³-hybridized carbons (Fsp3) is 0.611. The average Bonchev–Trinajstić information content (AvgIpc) is 2.54. The summed E-state index contributed by atoms with van der Waals surface area (Å²) in [6, 6.07) is -0.165. The zero-order valence-corrected chi connectivity index (χ0v) is 15.0. The van der Waals surface area contributed by atoms with Gasteiger partial charge in [0.25, 0.3) is 0 Å². The highest BCUT2D eigenvalue weighted by molar-refractivity contribution is 5.74. The maximum absolute atomic E-state index is 11.9. The van der Waals surface area contributed by atoms with Gasteiger partial charge in [0.2, 0.25) is 0 Å². The van der Waals surface area contributed by atoms with Crippen LogP contribution in [0.15, 0.2) is 0 Å². The van der Waals surface area contributed by atoms with E-state index < -0.39 is 0 Å². The van der Waals surface area contributed by atoms with E-state index in [-0.39, 0.29) is 12.6 Å². The number of hydrogen-bond donors (Lipinski definition) is 3. The quantitative estimate of drug-likeness (QED) is 0.644. The minimum atomic E-state index is -0.165. The van der Waals surface area contributed by atoms with Gasteiger partial charge in [-0.1, -0.05) is 0 Å². The lowest BCUT2D eigenvalue weighted by atomic mass is 9.89. The number of carbonyl (C=O) groups is 1. The lowest BCUT2D eigenvalue weighted by Crippen LogP contribution is -2.36. The molecule has 0 radical (unpaired) electrons. The van der Waals surface area contributed by atoms with E-state index in [0.29, 0.717) is 26.3 Å². The molecule has 0 unspecified atom stereocenters. The third kappa shape index (κ3) is 5.52. The summed E-state index contributed by atoms with van der Waals surface area (Å²) in [6.45, 7) is 12.6.